The zero-order valence-electron chi connectivity index (χ0n) is 16.1. The smallest absolute Gasteiger partial charge is 0.258 e. The Morgan fingerprint density at radius 2 is 1.58 bits per heavy atom. The van der Waals surface area contributed by atoms with Gasteiger partial charge in [0.15, 0.2) is 0 Å². The second-order valence-corrected chi connectivity index (χ2v) is 9.15. The number of amides is 1. The second kappa shape index (κ2) is 7.21. The summed E-state index contributed by atoms with van der Waals surface area (Å²) in [6.07, 6.45) is 0. The van der Waals surface area contributed by atoms with E-state index in [1.165, 1.54) is 12.1 Å². The number of rotatable bonds is 4. The van der Waals surface area contributed by atoms with Crippen LogP contribution in [0, 0.1) is 13.8 Å². The molecule has 0 spiro atoms. The molecule has 0 saturated heterocycles. The van der Waals surface area contributed by atoms with E-state index in [1.54, 1.807) is 44.9 Å². The fourth-order valence-electron chi connectivity index (χ4n) is 2.64. The first kappa shape index (κ1) is 20.1. The Morgan fingerprint density at radius 3 is 2.12 bits per heavy atom. The molecule has 0 aliphatic heterocycles. The number of aryl methyl sites for hydroxylation is 1. The first-order chi connectivity index (χ1) is 11.9. The highest BCUT2D eigenvalue weighted by Crippen LogP contribution is 2.23. The van der Waals surface area contributed by atoms with Gasteiger partial charge in [0.2, 0.25) is 10.0 Å². The van der Waals surface area contributed by atoms with Gasteiger partial charge >= 0.3 is 0 Å². The monoisotopic (exact) mass is 374 g/mol. The minimum Gasteiger partial charge on any atom is -0.311 e. The van der Waals surface area contributed by atoms with E-state index < -0.39 is 15.6 Å². The predicted octanol–water partition coefficient (Wildman–Crippen LogP) is 3.66. The average molecular weight is 375 g/mol. The van der Waals surface area contributed by atoms with Crippen molar-refractivity contribution in [3.05, 3.63) is 59.2 Å². The fraction of sp³-hybridized carbons (Fsp3) is 0.350. The minimum absolute atomic E-state index is 0.137. The molecule has 0 aromatic heterocycles. The van der Waals surface area contributed by atoms with Gasteiger partial charge in [0.1, 0.15) is 0 Å². The summed E-state index contributed by atoms with van der Waals surface area (Å²) in [5.74, 6) is -0.188. The molecule has 0 bridgehead atoms. The number of carbonyl (C=O) groups is 1. The number of nitrogens with zero attached hydrogens (tertiary/aromatic N) is 1. The molecule has 0 fully saturated rings. The standard InChI is InChI=1S/C20H26N2O3S/c1-14-8-7-9-18(15(14)2)22(6)19(23)16-10-12-17(13-11-16)26(24,25)21-20(3,4)5/h7-13,21H,1-6H3. The molecule has 5 nitrogen and oxygen atoms in total. The van der Waals surface area contributed by atoms with E-state index in [-0.39, 0.29) is 10.8 Å². The van der Waals surface area contributed by atoms with Gasteiger partial charge in [-0.2, -0.15) is 0 Å². The summed E-state index contributed by atoms with van der Waals surface area (Å²) in [5, 5.41) is 0. The van der Waals surface area contributed by atoms with Crippen LogP contribution in [0.3, 0.4) is 0 Å². The number of hydrogen-bond donors (Lipinski definition) is 1. The van der Waals surface area contributed by atoms with Crippen LogP contribution in [0.15, 0.2) is 47.4 Å². The summed E-state index contributed by atoms with van der Waals surface area (Å²) in [5.41, 5.74) is 2.84. The van der Waals surface area contributed by atoms with Crippen molar-refractivity contribution in [2.75, 3.05) is 11.9 Å². The Hall–Kier alpha value is -2.18. The van der Waals surface area contributed by atoms with Crippen LogP contribution in [0.25, 0.3) is 0 Å². The van der Waals surface area contributed by atoms with Gasteiger partial charge in [0.25, 0.3) is 5.91 Å². The van der Waals surface area contributed by atoms with E-state index >= 15 is 0 Å². The first-order valence-electron chi connectivity index (χ1n) is 8.41. The maximum absolute atomic E-state index is 12.8. The molecule has 140 valence electrons. The minimum atomic E-state index is -3.62. The molecule has 0 unspecified atom stereocenters. The normalized spacial score (nSPS) is 12.1. The third-order valence-electron chi connectivity index (χ3n) is 4.09. The third-order valence-corrected chi connectivity index (χ3v) is 5.87. The van der Waals surface area contributed by atoms with E-state index in [0.717, 1.165) is 16.8 Å². The Bertz CT molecular complexity index is 911. The molecule has 1 amide bonds. The van der Waals surface area contributed by atoms with Crippen molar-refractivity contribution >= 4 is 21.6 Å². The van der Waals surface area contributed by atoms with Crippen LogP contribution in [0.5, 0.6) is 0 Å². The van der Waals surface area contributed by atoms with Gasteiger partial charge in [-0.25, -0.2) is 13.1 Å². The molecule has 2 rings (SSSR count). The lowest BCUT2D eigenvalue weighted by atomic mass is 10.1. The molecule has 2 aromatic rings. The third kappa shape index (κ3) is 4.51. The van der Waals surface area contributed by atoms with Crippen molar-refractivity contribution in [2.24, 2.45) is 0 Å². The van der Waals surface area contributed by atoms with Gasteiger partial charge in [-0.3, -0.25) is 4.79 Å². The summed E-state index contributed by atoms with van der Waals surface area (Å²) in [4.78, 5) is 14.5. The largest absolute Gasteiger partial charge is 0.311 e. The van der Waals surface area contributed by atoms with E-state index in [9.17, 15) is 13.2 Å². The van der Waals surface area contributed by atoms with Crippen molar-refractivity contribution in [1.29, 1.82) is 0 Å². The molecular formula is C20H26N2O3S. The first-order valence-corrected chi connectivity index (χ1v) is 9.89. The topological polar surface area (TPSA) is 66.5 Å². The van der Waals surface area contributed by atoms with E-state index in [0.29, 0.717) is 5.56 Å². The average Bonchev–Trinajstić information content (AvgIpc) is 2.54. The molecular weight excluding hydrogens is 348 g/mol. The van der Waals surface area contributed by atoms with Crippen LogP contribution in [0.4, 0.5) is 5.69 Å². The Morgan fingerprint density at radius 1 is 1.00 bits per heavy atom. The lowest BCUT2D eigenvalue weighted by Gasteiger charge is -2.22. The van der Waals surface area contributed by atoms with Gasteiger partial charge < -0.3 is 4.90 Å². The molecule has 0 atom stereocenters. The van der Waals surface area contributed by atoms with Gasteiger partial charge in [-0.05, 0) is 76.1 Å². The van der Waals surface area contributed by atoms with Crippen molar-refractivity contribution in [1.82, 2.24) is 4.72 Å². The van der Waals surface area contributed by atoms with Crippen molar-refractivity contribution < 1.29 is 13.2 Å². The van der Waals surface area contributed by atoms with Crippen molar-refractivity contribution in [3.8, 4) is 0 Å². The quantitative estimate of drug-likeness (QED) is 0.888. The van der Waals surface area contributed by atoms with Crippen LogP contribution in [-0.4, -0.2) is 26.9 Å². The van der Waals surface area contributed by atoms with Crippen LogP contribution in [0.1, 0.15) is 42.3 Å². The van der Waals surface area contributed by atoms with Gasteiger partial charge in [-0.1, -0.05) is 12.1 Å². The number of benzene rings is 2. The molecule has 0 radical (unpaired) electrons. The van der Waals surface area contributed by atoms with Gasteiger partial charge in [0.05, 0.1) is 4.90 Å². The number of nitrogens with one attached hydrogen (secondary N) is 1. The van der Waals surface area contributed by atoms with Crippen LogP contribution in [0.2, 0.25) is 0 Å². The zero-order valence-corrected chi connectivity index (χ0v) is 16.9. The van der Waals surface area contributed by atoms with E-state index in [2.05, 4.69) is 4.72 Å². The van der Waals surface area contributed by atoms with Crippen LogP contribution >= 0.6 is 0 Å². The summed E-state index contributed by atoms with van der Waals surface area (Å²) in [6, 6.07) is 11.8. The Kier molecular flexibility index (Phi) is 5.58. The fourth-order valence-corrected chi connectivity index (χ4v) is 4.06. The molecule has 0 aliphatic carbocycles. The maximum Gasteiger partial charge on any atom is 0.258 e. The molecule has 0 heterocycles. The van der Waals surface area contributed by atoms with Crippen LogP contribution < -0.4 is 9.62 Å². The van der Waals surface area contributed by atoms with E-state index in [1.807, 2.05) is 32.0 Å². The van der Waals surface area contributed by atoms with Gasteiger partial charge in [0, 0.05) is 23.8 Å². The lowest BCUT2D eigenvalue weighted by molar-refractivity contribution is 0.0992. The number of anilines is 1. The van der Waals surface area contributed by atoms with Crippen LogP contribution in [-0.2, 0) is 10.0 Å². The molecule has 6 heteroatoms. The highest BCUT2D eigenvalue weighted by molar-refractivity contribution is 7.89. The Balaban J connectivity index is 2.28. The van der Waals surface area contributed by atoms with Gasteiger partial charge in [-0.15, -0.1) is 0 Å². The Labute approximate surface area is 156 Å². The predicted molar refractivity (Wildman–Crippen MR) is 105 cm³/mol. The van der Waals surface area contributed by atoms with E-state index in [4.69, 9.17) is 0 Å². The highest BCUT2D eigenvalue weighted by atomic mass is 32.2. The molecule has 0 saturated carbocycles. The molecule has 2 aromatic carbocycles. The molecule has 1 N–H and O–H groups in total. The number of sulfonamides is 1. The lowest BCUT2D eigenvalue weighted by Crippen LogP contribution is -2.40. The van der Waals surface area contributed by atoms with Crippen molar-refractivity contribution in [2.45, 2.75) is 45.1 Å². The number of hydrogen-bond acceptors (Lipinski definition) is 3. The summed E-state index contributed by atoms with van der Waals surface area (Å²) in [6.45, 7) is 9.31. The molecule has 26 heavy (non-hydrogen) atoms. The summed E-state index contributed by atoms with van der Waals surface area (Å²) >= 11 is 0. The van der Waals surface area contributed by atoms with Crippen molar-refractivity contribution in [3.63, 3.8) is 0 Å². The highest BCUT2D eigenvalue weighted by Gasteiger charge is 2.23. The summed E-state index contributed by atoms with van der Waals surface area (Å²) in [7, 11) is -1.90. The number of carbonyl (C=O) groups excluding carboxylic acids is 1. The SMILES string of the molecule is Cc1cccc(N(C)C(=O)c2ccc(S(=O)(=O)NC(C)(C)C)cc2)c1C. The molecule has 0 aliphatic rings. The second-order valence-electron chi connectivity index (χ2n) is 7.46. The maximum atomic E-state index is 12.8. The summed E-state index contributed by atoms with van der Waals surface area (Å²) < 4.78 is 27.3. The zero-order chi connectivity index (χ0) is 19.7.